The average Bonchev–Trinajstić information content (AvgIpc) is 2.10. The van der Waals surface area contributed by atoms with E-state index in [1.807, 2.05) is 13.8 Å². The number of carboxylic acids is 1. The molecule has 0 saturated carbocycles. The summed E-state index contributed by atoms with van der Waals surface area (Å²) in [5, 5.41) is 8.56. The first-order chi connectivity index (χ1) is 7.54. The molecule has 0 saturated heterocycles. The molecule has 0 spiro atoms. The van der Waals surface area contributed by atoms with Crippen molar-refractivity contribution in [3.63, 3.8) is 0 Å². The summed E-state index contributed by atoms with van der Waals surface area (Å²) in [5.74, 6) is -0.721. The van der Waals surface area contributed by atoms with E-state index in [0.717, 1.165) is 0 Å². The van der Waals surface area contributed by atoms with Gasteiger partial charge in [0.05, 0.1) is 0 Å². The Morgan fingerprint density at radius 1 is 1.35 bits per heavy atom. The molecular weight excluding hydrogens is 244 g/mol. The maximum absolute atomic E-state index is 11.6. The van der Waals surface area contributed by atoms with Gasteiger partial charge >= 0.3 is 5.97 Å². The van der Waals surface area contributed by atoms with Gasteiger partial charge < -0.3 is 5.11 Å². The van der Waals surface area contributed by atoms with Crippen LogP contribution in [0.3, 0.4) is 0 Å². The SMILES string of the molecule is CC(C)CNS(=O)(=O)NC(C)(C)CCC(=O)O. The van der Waals surface area contributed by atoms with Crippen LogP contribution in [-0.2, 0) is 15.0 Å². The number of aliphatic carboxylic acids is 1. The van der Waals surface area contributed by atoms with Gasteiger partial charge in [0.2, 0.25) is 0 Å². The number of hydrogen-bond donors (Lipinski definition) is 3. The highest BCUT2D eigenvalue weighted by Crippen LogP contribution is 2.12. The fourth-order valence-corrected chi connectivity index (χ4v) is 2.60. The monoisotopic (exact) mass is 266 g/mol. The third-order valence-corrected chi connectivity index (χ3v) is 3.42. The highest BCUT2D eigenvalue weighted by molar-refractivity contribution is 7.87. The molecule has 0 aromatic carbocycles. The van der Waals surface area contributed by atoms with Gasteiger partial charge in [-0.15, -0.1) is 0 Å². The summed E-state index contributed by atoms with van der Waals surface area (Å²) in [6, 6.07) is 0. The lowest BCUT2D eigenvalue weighted by atomic mass is 10.0. The van der Waals surface area contributed by atoms with Crippen molar-refractivity contribution in [1.82, 2.24) is 9.44 Å². The van der Waals surface area contributed by atoms with Crippen LogP contribution < -0.4 is 9.44 Å². The third-order valence-electron chi connectivity index (χ3n) is 2.06. The molecule has 0 unspecified atom stereocenters. The van der Waals surface area contributed by atoms with Crippen LogP contribution in [0.25, 0.3) is 0 Å². The van der Waals surface area contributed by atoms with Crippen molar-refractivity contribution in [2.75, 3.05) is 6.54 Å². The molecule has 0 aromatic heterocycles. The second-order valence-electron chi connectivity index (χ2n) is 5.13. The minimum absolute atomic E-state index is 0.0697. The summed E-state index contributed by atoms with van der Waals surface area (Å²) in [5.41, 5.74) is -0.777. The molecule has 3 N–H and O–H groups in total. The first kappa shape index (κ1) is 16.3. The molecule has 102 valence electrons. The van der Waals surface area contributed by atoms with Crippen molar-refractivity contribution in [3.05, 3.63) is 0 Å². The van der Waals surface area contributed by atoms with Gasteiger partial charge in [-0.05, 0) is 26.2 Å². The molecule has 0 aliphatic rings. The molecule has 0 aliphatic heterocycles. The standard InChI is InChI=1S/C10H22N2O4S/c1-8(2)7-11-17(15,16)12-10(3,4)6-5-9(13)14/h8,11-12H,5-7H2,1-4H3,(H,13,14). The predicted molar refractivity (Wildman–Crippen MR) is 65.8 cm³/mol. The van der Waals surface area contributed by atoms with Crippen LogP contribution in [-0.4, -0.2) is 31.6 Å². The van der Waals surface area contributed by atoms with Gasteiger partial charge in [-0.1, -0.05) is 13.8 Å². The van der Waals surface area contributed by atoms with Crippen LogP contribution in [0.1, 0.15) is 40.5 Å². The maximum atomic E-state index is 11.6. The van der Waals surface area contributed by atoms with E-state index in [9.17, 15) is 13.2 Å². The van der Waals surface area contributed by atoms with Crippen LogP contribution in [0, 0.1) is 5.92 Å². The Labute approximate surface area is 103 Å². The van der Waals surface area contributed by atoms with Crippen LogP contribution in [0.15, 0.2) is 0 Å². The summed E-state index contributed by atoms with van der Waals surface area (Å²) in [7, 11) is -3.58. The van der Waals surface area contributed by atoms with E-state index < -0.39 is 21.7 Å². The van der Waals surface area contributed by atoms with E-state index >= 15 is 0 Å². The summed E-state index contributed by atoms with van der Waals surface area (Å²) in [4.78, 5) is 10.4. The summed E-state index contributed by atoms with van der Waals surface area (Å²) in [6.07, 6.45) is 0.171. The van der Waals surface area contributed by atoms with Crippen molar-refractivity contribution in [2.45, 2.75) is 46.1 Å². The van der Waals surface area contributed by atoms with Crippen LogP contribution in [0.2, 0.25) is 0 Å². The van der Waals surface area contributed by atoms with Gasteiger partial charge in [-0.2, -0.15) is 13.1 Å². The summed E-state index contributed by atoms with van der Waals surface area (Å²) < 4.78 is 28.1. The third kappa shape index (κ3) is 9.08. The molecular formula is C10H22N2O4S. The zero-order valence-electron chi connectivity index (χ0n) is 10.8. The normalized spacial score (nSPS) is 13.0. The number of rotatable bonds is 8. The molecule has 7 heteroatoms. The van der Waals surface area contributed by atoms with E-state index in [1.54, 1.807) is 13.8 Å². The lowest BCUT2D eigenvalue weighted by Gasteiger charge is -2.25. The van der Waals surface area contributed by atoms with Crippen LogP contribution >= 0.6 is 0 Å². The van der Waals surface area contributed by atoms with Crippen LogP contribution in [0.4, 0.5) is 0 Å². The van der Waals surface area contributed by atoms with Gasteiger partial charge in [0, 0.05) is 18.5 Å². The molecule has 0 aromatic rings. The van der Waals surface area contributed by atoms with Gasteiger partial charge in [-0.25, -0.2) is 4.72 Å². The minimum Gasteiger partial charge on any atom is -0.481 e. The lowest BCUT2D eigenvalue weighted by molar-refractivity contribution is -0.137. The van der Waals surface area contributed by atoms with Crippen molar-refractivity contribution < 1.29 is 18.3 Å². The fraction of sp³-hybridized carbons (Fsp3) is 0.900. The first-order valence-electron chi connectivity index (χ1n) is 5.54. The van der Waals surface area contributed by atoms with Crippen LogP contribution in [0.5, 0.6) is 0 Å². The Morgan fingerprint density at radius 2 is 1.88 bits per heavy atom. The van der Waals surface area contributed by atoms with Crippen molar-refractivity contribution in [3.8, 4) is 0 Å². The van der Waals surface area contributed by atoms with E-state index in [1.165, 1.54) is 0 Å². The highest BCUT2D eigenvalue weighted by Gasteiger charge is 2.25. The highest BCUT2D eigenvalue weighted by atomic mass is 32.2. The van der Waals surface area contributed by atoms with Gasteiger partial charge in [-0.3, -0.25) is 4.79 Å². The molecule has 0 atom stereocenters. The number of carboxylic acid groups (broad SMARTS) is 1. The van der Waals surface area contributed by atoms with Gasteiger partial charge in [0.1, 0.15) is 0 Å². The fourth-order valence-electron chi connectivity index (χ4n) is 1.15. The maximum Gasteiger partial charge on any atom is 0.303 e. The van der Waals surface area contributed by atoms with E-state index in [0.29, 0.717) is 6.54 Å². The second kappa shape index (κ2) is 6.32. The van der Waals surface area contributed by atoms with Gasteiger partial charge in [0.25, 0.3) is 10.2 Å². The zero-order valence-corrected chi connectivity index (χ0v) is 11.6. The first-order valence-corrected chi connectivity index (χ1v) is 7.03. The molecule has 0 radical (unpaired) electrons. The quantitative estimate of drug-likeness (QED) is 0.603. The summed E-state index contributed by atoms with van der Waals surface area (Å²) >= 11 is 0. The summed E-state index contributed by atoms with van der Waals surface area (Å²) in [6.45, 7) is 7.47. The number of nitrogens with one attached hydrogen (secondary N) is 2. The van der Waals surface area contributed by atoms with Crippen molar-refractivity contribution in [2.24, 2.45) is 5.92 Å². The molecule has 0 bridgehead atoms. The molecule has 17 heavy (non-hydrogen) atoms. The molecule has 0 amide bonds. The lowest BCUT2D eigenvalue weighted by Crippen LogP contribution is -2.49. The van der Waals surface area contributed by atoms with Crippen molar-refractivity contribution in [1.29, 1.82) is 0 Å². The minimum atomic E-state index is -3.58. The number of carbonyl (C=O) groups is 1. The van der Waals surface area contributed by atoms with Crippen molar-refractivity contribution >= 4 is 16.2 Å². The largest absolute Gasteiger partial charge is 0.481 e. The van der Waals surface area contributed by atoms with E-state index in [2.05, 4.69) is 9.44 Å². The molecule has 0 aliphatic carbocycles. The Balaban J connectivity index is 4.32. The van der Waals surface area contributed by atoms with E-state index in [-0.39, 0.29) is 18.8 Å². The molecule has 0 fully saturated rings. The Hall–Kier alpha value is -0.660. The predicted octanol–water partition coefficient (Wildman–Crippen LogP) is 0.710. The van der Waals surface area contributed by atoms with E-state index in [4.69, 9.17) is 5.11 Å². The second-order valence-corrected chi connectivity index (χ2v) is 6.63. The Bertz CT molecular complexity index is 349. The van der Waals surface area contributed by atoms with Gasteiger partial charge in [0.15, 0.2) is 0 Å². The zero-order chi connectivity index (χ0) is 13.7. The topological polar surface area (TPSA) is 95.5 Å². The smallest absolute Gasteiger partial charge is 0.303 e. The average molecular weight is 266 g/mol. The Kier molecular flexibility index (Phi) is 6.08. The molecule has 0 heterocycles. The molecule has 0 rings (SSSR count). The Morgan fingerprint density at radius 3 is 2.29 bits per heavy atom. The number of hydrogen-bond acceptors (Lipinski definition) is 3. The molecule has 6 nitrogen and oxygen atoms in total.